The molecule has 4 aromatic rings. The lowest BCUT2D eigenvalue weighted by atomic mass is 10.2. The third-order valence-corrected chi connectivity index (χ3v) is 4.34. The maximum Gasteiger partial charge on any atom is 0.269 e. The van der Waals surface area contributed by atoms with Crippen molar-refractivity contribution in [3.8, 4) is 5.69 Å². The Labute approximate surface area is 160 Å². The maximum absolute atomic E-state index is 13.1. The topological polar surface area (TPSA) is 78.0 Å². The molecule has 0 unspecified atom stereocenters. The Morgan fingerprint density at radius 3 is 2.25 bits per heavy atom. The van der Waals surface area contributed by atoms with Crippen molar-refractivity contribution in [2.75, 3.05) is 0 Å². The predicted octanol–water partition coefficient (Wildman–Crippen LogP) is 4.46. The molecule has 0 amide bonds. The second-order valence-corrected chi connectivity index (χ2v) is 6.15. The zero-order valence-electron chi connectivity index (χ0n) is 14.7. The fourth-order valence-electron chi connectivity index (χ4n) is 2.97. The third kappa shape index (κ3) is 3.31. The molecule has 0 spiro atoms. The van der Waals surface area contributed by atoms with Crippen LogP contribution in [0.25, 0.3) is 28.7 Å². The molecule has 4 rings (SSSR count). The van der Waals surface area contributed by atoms with E-state index < -0.39 is 4.92 Å². The first-order valence-corrected chi connectivity index (χ1v) is 8.63. The smallest absolute Gasteiger partial charge is 0.268 e. The van der Waals surface area contributed by atoms with E-state index in [1.165, 1.54) is 12.1 Å². The van der Waals surface area contributed by atoms with Gasteiger partial charge in [0.2, 0.25) is 0 Å². The van der Waals surface area contributed by atoms with Crippen molar-refractivity contribution in [1.82, 2.24) is 9.55 Å². The zero-order valence-corrected chi connectivity index (χ0v) is 14.7. The Morgan fingerprint density at radius 1 is 0.857 bits per heavy atom. The van der Waals surface area contributed by atoms with Gasteiger partial charge in [0.1, 0.15) is 5.82 Å². The molecule has 28 heavy (non-hydrogen) atoms. The van der Waals surface area contributed by atoms with Gasteiger partial charge >= 0.3 is 0 Å². The van der Waals surface area contributed by atoms with E-state index >= 15 is 0 Å². The van der Waals surface area contributed by atoms with Crippen molar-refractivity contribution in [3.63, 3.8) is 0 Å². The first-order valence-electron chi connectivity index (χ1n) is 8.63. The van der Waals surface area contributed by atoms with E-state index in [-0.39, 0.29) is 11.2 Å². The quantitative estimate of drug-likeness (QED) is 0.393. The Bertz CT molecular complexity index is 1240. The van der Waals surface area contributed by atoms with Crippen molar-refractivity contribution in [2.24, 2.45) is 0 Å². The van der Waals surface area contributed by atoms with Crippen LogP contribution in [0.2, 0.25) is 0 Å². The number of fused-ring (bicyclic) bond motifs is 1. The summed E-state index contributed by atoms with van der Waals surface area (Å²) < 4.78 is 1.56. The number of rotatable bonds is 4. The lowest BCUT2D eigenvalue weighted by Crippen LogP contribution is -2.22. The van der Waals surface area contributed by atoms with Gasteiger partial charge in [0, 0.05) is 12.1 Å². The van der Waals surface area contributed by atoms with E-state index in [0.717, 1.165) is 5.56 Å². The molecule has 0 fully saturated rings. The van der Waals surface area contributed by atoms with Crippen LogP contribution in [0.15, 0.2) is 83.7 Å². The minimum absolute atomic E-state index is 0.0298. The summed E-state index contributed by atoms with van der Waals surface area (Å²) in [4.78, 5) is 28.1. The van der Waals surface area contributed by atoms with E-state index in [4.69, 9.17) is 0 Å². The van der Waals surface area contributed by atoms with Crippen LogP contribution in [0, 0.1) is 10.1 Å². The van der Waals surface area contributed by atoms with Gasteiger partial charge in [0.25, 0.3) is 11.2 Å². The molecule has 0 atom stereocenters. The van der Waals surface area contributed by atoms with E-state index in [1.54, 1.807) is 41.0 Å². The summed E-state index contributed by atoms with van der Waals surface area (Å²) in [6.07, 6.45) is 3.52. The van der Waals surface area contributed by atoms with E-state index in [1.807, 2.05) is 42.5 Å². The molecule has 0 saturated heterocycles. The van der Waals surface area contributed by atoms with Crippen LogP contribution in [0.4, 0.5) is 5.69 Å². The Balaban J connectivity index is 1.85. The molecule has 0 aliphatic carbocycles. The Hall–Kier alpha value is -4.06. The number of benzene rings is 3. The highest BCUT2D eigenvalue weighted by Gasteiger charge is 2.10. The van der Waals surface area contributed by atoms with Crippen molar-refractivity contribution < 1.29 is 4.92 Å². The highest BCUT2D eigenvalue weighted by Crippen LogP contribution is 2.17. The minimum atomic E-state index is -0.439. The SMILES string of the molecule is O=c1c2ccccc2nc(/C=C/c2ccc([N+](=O)[O-])cc2)n1-c1ccccc1. The van der Waals surface area contributed by atoms with Crippen LogP contribution >= 0.6 is 0 Å². The molecule has 6 nitrogen and oxygen atoms in total. The molecule has 0 radical (unpaired) electrons. The van der Waals surface area contributed by atoms with Crippen LogP contribution in [-0.4, -0.2) is 14.5 Å². The van der Waals surface area contributed by atoms with Gasteiger partial charge in [-0.15, -0.1) is 0 Å². The van der Waals surface area contributed by atoms with Gasteiger partial charge < -0.3 is 0 Å². The third-order valence-electron chi connectivity index (χ3n) is 4.34. The van der Waals surface area contributed by atoms with Crippen LogP contribution in [-0.2, 0) is 0 Å². The molecule has 0 aliphatic rings. The summed E-state index contributed by atoms with van der Waals surface area (Å²) in [6.45, 7) is 0. The fourth-order valence-corrected chi connectivity index (χ4v) is 2.97. The summed E-state index contributed by atoms with van der Waals surface area (Å²) in [5, 5.41) is 11.3. The highest BCUT2D eigenvalue weighted by atomic mass is 16.6. The molecule has 0 N–H and O–H groups in total. The van der Waals surface area contributed by atoms with Crippen LogP contribution < -0.4 is 5.56 Å². The van der Waals surface area contributed by atoms with Gasteiger partial charge in [0.05, 0.1) is 21.5 Å². The second kappa shape index (κ2) is 7.28. The first kappa shape index (κ1) is 17.4. The number of aromatic nitrogens is 2. The molecular weight excluding hydrogens is 354 g/mol. The number of nitro benzene ring substituents is 1. The zero-order chi connectivity index (χ0) is 19.5. The van der Waals surface area contributed by atoms with Crippen LogP contribution in [0.3, 0.4) is 0 Å². The molecule has 0 aliphatic heterocycles. The van der Waals surface area contributed by atoms with E-state index in [2.05, 4.69) is 4.98 Å². The summed E-state index contributed by atoms with van der Waals surface area (Å²) in [5.41, 5.74) is 1.98. The summed E-state index contributed by atoms with van der Waals surface area (Å²) in [6, 6.07) is 22.7. The van der Waals surface area contributed by atoms with E-state index in [9.17, 15) is 14.9 Å². The van der Waals surface area contributed by atoms with Gasteiger partial charge in [0.15, 0.2) is 0 Å². The largest absolute Gasteiger partial charge is 0.269 e. The Kier molecular flexibility index (Phi) is 4.51. The molecular formula is C22H15N3O3. The predicted molar refractivity (Wildman–Crippen MR) is 109 cm³/mol. The first-order chi connectivity index (χ1) is 13.6. The Morgan fingerprint density at radius 2 is 1.54 bits per heavy atom. The monoisotopic (exact) mass is 369 g/mol. The summed E-state index contributed by atoms with van der Waals surface area (Å²) >= 11 is 0. The number of nitro groups is 1. The standard InChI is InChI=1S/C22H15N3O3/c26-22-19-8-4-5-9-20(19)23-21(24(22)17-6-2-1-3-7-17)15-12-16-10-13-18(14-11-16)25(27)28/h1-15H/b15-12+. The average molecular weight is 369 g/mol. The summed E-state index contributed by atoms with van der Waals surface area (Å²) in [7, 11) is 0. The fraction of sp³-hybridized carbons (Fsp3) is 0. The van der Waals surface area contributed by atoms with Gasteiger partial charge in [-0.1, -0.05) is 36.4 Å². The molecule has 6 heteroatoms. The number of nitrogens with zero attached hydrogens (tertiary/aromatic N) is 3. The molecule has 0 bridgehead atoms. The summed E-state index contributed by atoms with van der Waals surface area (Å²) in [5.74, 6) is 0.480. The molecule has 1 heterocycles. The normalized spacial score (nSPS) is 11.1. The van der Waals surface area contributed by atoms with Crippen molar-refractivity contribution in [2.45, 2.75) is 0 Å². The number of para-hydroxylation sites is 2. The lowest BCUT2D eigenvalue weighted by molar-refractivity contribution is -0.384. The van der Waals surface area contributed by atoms with Crippen LogP contribution in [0.5, 0.6) is 0 Å². The number of hydrogen-bond acceptors (Lipinski definition) is 4. The second-order valence-electron chi connectivity index (χ2n) is 6.15. The molecule has 136 valence electrons. The number of non-ortho nitro benzene ring substituents is 1. The van der Waals surface area contributed by atoms with Gasteiger partial charge in [-0.25, -0.2) is 4.98 Å². The molecule has 0 saturated carbocycles. The van der Waals surface area contributed by atoms with E-state index in [0.29, 0.717) is 22.4 Å². The number of hydrogen-bond donors (Lipinski definition) is 0. The minimum Gasteiger partial charge on any atom is -0.268 e. The van der Waals surface area contributed by atoms with Crippen molar-refractivity contribution >= 4 is 28.7 Å². The molecule has 3 aromatic carbocycles. The van der Waals surface area contributed by atoms with Crippen molar-refractivity contribution in [3.05, 3.63) is 111 Å². The highest BCUT2D eigenvalue weighted by molar-refractivity contribution is 5.80. The van der Waals surface area contributed by atoms with Gasteiger partial charge in [-0.05, 0) is 48.0 Å². The molecule has 1 aromatic heterocycles. The lowest BCUT2D eigenvalue weighted by Gasteiger charge is -2.11. The van der Waals surface area contributed by atoms with Gasteiger partial charge in [-0.3, -0.25) is 19.5 Å². The average Bonchev–Trinajstić information content (AvgIpc) is 2.73. The van der Waals surface area contributed by atoms with Crippen LogP contribution in [0.1, 0.15) is 11.4 Å². The van der Waals surface area contributed by atoms with Gasteiger partial charge in [-0.2, -0.15) is 0 Å². The maximum atomic E-state index is 13.1. The van der Waals surface area contributed by atoms with Crippen molar-refractivity contribution in [1.29, 1.82) is 0 Å².